The smallest absolute Gasteiger partial charge is 0.262 e. The first-order valence-electron chi connectivity index (χ1n) is 9.09. The number of nitrogens with one attached hydrogen (secondary N) is 1. The van der Waals surface area contributed by atoms with E-state index in [1.165, 1.54) is 30.1 Å². The Bertz CT molecular complexity index is 1330. The Hall–Kier alpha value is -2.98. The van der Waals surface area contributed by atoms with Crippen LogP contribution in [-0.4, -0.2) is 39.7 Å². The standard InChI is InChI=1S/C20H17FN4O3S2/c21-14-7-9-16(10-8-14)30(27,28)12-4-11-29-20-23-18-17(19(26)24-20)13-22-25(18)15-5-2-1-3-6-15/h1-3,5-10,13H,4,11-12H2,(H,23,24,26). The number of hydrogen-bond acceptors (Lipinski definition) is 6. The summed E-state index contributed by atoms with van der Waals surface area (Å²) in [6.07, 6.45) is 1.82. The van der Waals surface area contributed by atoms with Gasteiger partial charge in [0, 0.05) is 5.75 Å². The van der Waals surface area contributed by atoms with Crippen LogP contribution >= 0.6 is 11.8 Å². The maximum Gasteiger partial charge on any atom is 0.262 e. The van der Waals surface area contributed by atoms with Gasteiger partial charge in [-0.15, -0.1) is 0 Å². The molecule has 2 aromatic heterocycles. The van der Waals surface area contributed by atoms with E-state index in [-0.39, 0.29) is 16.2 Å². The normalized spacial score (nSPS) is 11.8. The minimum Gasteiger partial charge on any atom is -0.301 e. The van der Waals surface area contributed by atoms with E-state index in [2.05, 4.69) is 15.1 Å². The van der Waals surface area contributed by atoms with Gasteiger partial charge in [0.15, 0.2) is 20.6 Å². The number of benzene rings is 2. The summed E-state index contributed by atoms with van der Waals surface area (Å²) in [4.78, 5) is 19.6. The summed E-state index contributed by atoms with van der Waals surface area (Å²) < 4.78 is 39.2. The molecule has 0 saturated carbocycles. The maximum atomic E-state index is 13.0. The van der Waals surface area contributed by atoms with Gasteiger partial charge >= 0.3 is 0 Å². The zero-order valence-electron chi connectivity index (χ0n) is 15.7. The molecule has 0 aliphatic carbocycles. The summed E-state index contributed by atoms with van der Waals surface area (Å²) in [7, 11) is -3.49. The number of rotatable bonds is 7. The number of fused-ring (bicyclic) bond motifs is 1. The molecule has 154 valence electrons. The van der Waals surface area contributed by atoms with Crippen LogP contribution in [0.15, 0.2) is 75.6 Å². The summed E-state index contributed by atoms with van der Waals surface area (Å²) in [5, 5.41) is 5.02. The van der Waals surface area contributed by atoms with E-state index in [4.69, 9.17) is 0 Å². The van der Waals surface area contributed by atoms with Crippen molar-refractivity contribution >= 4 is 32.6 Å². The summed E-state index contributed by atoms with van der Waals surface area (Å²) >= 11 is 1.26. The average molecular weight is 445 g/mol. The Labute approximate surface area is 175 Å². The van der Waals surface area contributed by atoms with Crippen molar-refractivity contribution in [1.82, 2.24) is 19.7 Å². The van der Waals surface area contributed by atoms with Gasteiger partial charge in [0.05, 0.1) is 22.5 Å². The highest BCUT2D eigenvalue weighted by atomic mass is 32.2. The van der Waals surface area contributed by atoms with Crippen LogP contribution in [0.25, 0.3) is 16.7 Å². The van der Waals surface area contributed by atoms with Crippen LogP contribution in [0.5, 0.6) is 0 Å². The number of halogens is 1. The number of aromatic nitrogens is 4. The molecule has 2 heterocycles. The fourth-order valence-corrected chi connectivity index (χ4v) is 5.19. The van der Waals surface area contributed by atoms with Crippen molar-refractivity contribution in [3.05, 3.63) is 77.0 Å². The first kappa shape index (κ1) is 20.3. The molecule has 1 N–H and O–H groups in total. The summed E-state index contributed by atoms with van der Waals surface area (Å²) in [5.41, 5.74) is 0.918. The molecule has 0 radical (unpaired) electrons. The topological polar surface area (TPSA) is 97.7 Å². The van der Waals surface area contributed by atoms with E-state index in [1.54, 1.807) is 4.68 Å². The van der Waals surface area contributed by atoms with E-state index in [1.807, 2.05) is 30.3 Å². The van der Waals surface area contributed by atoms with Gasteiger partial charge in [-0.3, -0.25) is 4.79 Å². The molecule has 0 amide bonds. The van der Waals surface area contributed by atoms with Crippen molar-refractivity contribution in [3.8, 4) is 5.69 Å². The highest BCUT2D eigenvalue weighted by Crippen LogP contribution is 2.19. The molecular weight excluding hydrogens is 427 g/mol. The molecule has 30 heavy (non-hydrogen) atoms. The summed E-state index contributed by atoms with van der Waals surface area (Å²) in [5.74, 6) is -0.126. The average Bonchev–Trinajstić information content (AvgIpc) is 3.17. The fourth-order valence-electron chi connectivity index (χ4n) is 2.90. The first-order valence-corrected chi connectivity index (χ1v) is 11.7. The van der Waals surface area contributed by atoms with Crippen molar-refractivity contribution < 1.29 is 12.8 Å². The summed E-state index contributed by atoms with van der Waals surface area (Å²) in [6, 6.07) is 14.1. The van der Waals surface area contributed by atoms with Gasteiger partial charge in [0.25, 0.3) is 5.56 Å². The quantitative estimate of drug-likeness (QED) is 0.203. The lowest BCUT2D eigenvalue weighted by atomic mass is 10.3. The van der Waals surface area contributed by atoms with Crippen LogP contribution in [0, 0.1) is 5.82 Å². The molecule has 0 aliphatic rings. The van der Waals surface area contributed by atoms with E-state index in [0.29, 0.717) is 28.4 Å². The third-order valence-electron chi connectivity index (χ3n) is 4.39. The Morgan fingerprint density at radius 3 is 2.53 bits per heavy atom. The third-order valence-corrected chi connectivity index (χ3v) is 7.16. The Morgan fingerprint density at radius 1 is 1.07 bits per heavy atom. The van der Waals surface area contributed by atoms with Gasteiger partial charge < -0.3 is 4.98 Å². The highest BCUT2D eigenvalue weighted by Gasteiger charge is 2.15. The van der Waals surface area contributed by atoms with Crippen LogP contribution < -0.4 is 5.56 Å². The van der Waals surface area contributed by atoms with Gasteiger partial charge in [-0.05, 0) is 42.8 Å². The number of aromatic amines is 1. The third kappa shape index (κ3) is 4.29. The van der Waals surface area contributed by atoms with Crippen molar-refractivity contribution in [2.45, 2.75) is 16.5 Å². The number of para-hydroxylation sites is 1. The van der Waals surface area contributed by atoms with Gasteiger partial charge in [-0.25, -0.2) is 22.5 Å². The molecule has 0 aliphatic heterocycles. The van der Waals surface area contributed by atoms with E-state index in [9.17, 15) is 17.6 Å². The molecule has 0 unspecified atom stereocenters. The van der Waals surface area contributed by atoms with E-state index >= 15 is 0 Å². The van der Waals surface area contributed by atoms with Crippen LogP contribution in [0.4, 0.5) is 4.39 Å². The molecule has 2 aromatic carbocycles. The zero-order valence-corrected chi connectivity index (χ0v) is 17.3. The lowest BCUT2D eigenvalue weighted by Crippen LogP contribution is -2.11. The molecule has 0 saturated heterocycles. The zero-order chi connectivity index (χ0) is 21.1. The van der Waals surface area contributed by atoms with Gasteiger partial charge in [-0.1, -0.05) is 30.0 Å². The number of thioether (sulfide) groups is 1. The molecule has 7 nitrogen and oxygen atoms in total. The number of sulfone groups is 1. The Balaban J connectivity index is 1.47. The predicted molar refractivity (Wildman–Crippen MR) is 113 cm³/mol. The Kier molecular flexibility index (Phi) is 5.69. The molecule has 0 bridgehead atoms. The first-order chi connectivity index (χ1) is 14.4. The van der Waals surface area contributed by atoms with E-state index in [0.717, 1.165) is 17.8 Å². The number of H-pyrrole nitrogens is 1. The van der Waals surface area contributed by atoms with Gasteiger partial charge in [0.2, 0.25) is 0 Å². The van der Waals surface area contributed by atoms with Gasteiger partial charge in [0.1, 0.15) is 11.2 Å². The maximum absolute atomic E-state index is 13.0. The molecule has 10 heteroatoms. The minimum atomic E-state index is -3.49. The SMILES string of the molecule is O=c1[nH]c(SCCCS(=O)(=O)c2ccc(F)cc2)nc2c1cnn2-c1ccccc1. The lowest BCUT2D eigenvalue weighted by molar-refractivity contribution is 0.593. The van der Waals surface area contributed by atoms with Crippen molar-refractivity contribution in [2.75, 3.05) is 11.5 Å². The lowest BCUT2D eigenvalue weighted by Gasteiger charge is -2.06. The van der Waals surface area contributed by atoms with Crippen molar-refractivity contribution in [3.63, 3.8) is 0 Å². The van der Waals surface area contributed by atoms with E-state index < -0.39 is 15.7 Å². The molecule has 4 aromatic rings. The van der Waals surface area contributed by atoms with Crippen LogP contribution in [0.1, 0.15) is 6.42 Å². The van der Waals surface area contributed by atoms with Gasteiger partial charge in [-0.2, -0.15) is 5.10 Å². The minimum absolute atomic E-state index is 0.0833. The number of hydrogen-bond donors (Lipinski definition) is 1. The van der Waals surface area contributed by atoms with Crippen LogP contribution in [-0.2, 0) is 9.84 Å². The largest absolute Gasteiger partial charge is 0.301 e. The second kappa shape index (κ2) is 8.41. The molecule has 0 spiro atoms. The van der Waals surface area contributed by atoms with Crippen molar-refractivity contribution in [1.29, 1.82) is 0 Å². The molecule has 0 atom stereocenters. The summed E-state index contributed by atoms with van der Waals surface area (Å²) in [6.45, 7) is 0. The fraction of sp³-hybridized carbons (Fsp3) is 0.150. The molecular formula is C20H17FN4O3S2. The molecule has 0 fully saturated rings. The van der Waals surface area contributed by atoms with Crippen LogP contribution in [0.3, 0.4) is 0 Å². The second-order valence-corrected chi connectivity index (χ2v) is 9.67. The number of nitrogens with zero attached hydrogens (tertiary/aromatic N) is 3. The van der Waals surface area contributed by atoms with Crippen molar-refractivity contribution in [2.24, 2.45) is 0 Å². The monoisotopic (exact) mass is 444 g/mol. The molecule has 4 rings (SSSR count). The highest BCUT2D eigenvalue weighted by molar-refractivity contribution is 7.99. The predicted octanol–water partition coefficient (Wildman–Crippen LogP) is 3.20. The van der Waals surface area contributed by atoms with Crippen LogP contribution in [0.2, 0.25) is 0 Å². The second-order valence-electron chi connectivity index (χ2n) is 6.48. The Morgan fingerprint density at radius 2 is 1.80 bits per heavy atom.